The van der Waals surface area contributed by atoms with Crippen molar-refractivity contribution in [3.8, 4) is 0 Å². The van der Waals surface area contributed by atoms with Crippen molar-refractivity contribution in [1.29, 1.82) is 0 Å². The molecule has 0 saturated carbocycles. The quantitative estimate of drug-likeness (QED) is 0.470. The summed E-state index contributed by atoms with van der Waals surface area (Å²) in [4.78, 5) is 10.2. The smallest absolute Gasteiger partial charge is 0.304 e. The highest BCUT2D eigenvalue weighted by molar-refractivity contribution is 5.67. The van der Waals surface area contributed by atoms with Gasteiger partial charge in [-0.3, -0.25) is 4.79 Å². The minimum absolute atomic E-state index is 0.0408. The van der Waals surface area contributed by atoms with Crippen LogP contribution in [0.4, 0.5) is 0 Å². The molecule has 0 unspecified atom stereocenters. The third-order valence-electron chi connectivity index (χ3n) is 1.35. The summed E-state index contributed by atoms with van der Waals surface area (Å²) in [6.45, 7) is 3.29. The van der Waals surface area contributed by atoms with Gasteiger partial charge in [0.05, 0.1) is 6.42 Å². The molecule has 0 fully saturated rings. The Morgan fingerprint density at radius 2 is 2.36 bits per heavy atom. The van der Waals surface area contributed by atoms with Gasteiger partial charge < -0.3 is 16.2 Å². The second-order valence-corrected chi connectivity index (χ2v) is 2.60. The molecule has 0 rings (SSSR count). The van der Waals surface area contributed by atoms with E-state index in [0.717, 1.165) is 13.0 Å². The topological polar surface area (TPSA) is 75.3 Å². The van der Waals surface area contributed by atoms with Gasteiger partial charge >= 0.3 is 5.97 Å². The zero-order valence-corrected chi connectivity index (χ0v) is 6.84. The van der Waals surface area contributed by atoms with Crippen molar-refractivity contribution in [2.24, 2.45) is 5.73 Å². The Kier molecular flexibility index (Phi) is 5.78. The number of nitrogens with two attached hydrogens (primary N) is 1. The Bertz CT molecular complexity index is 117. The fourth-order valence-electron chi connectivity index (χ4n) is 0.785. The highest BCUT2D eigenvalue weighted by atomic mass is 16.4. The van der Waals surface area contributed by atoms with E-state index in [1.807, 2.05) is 6.92 Å². The summed E-state index contributed by atoms with van der Waals surface area (Å²) in [5, 5.41) is 11.4. The average Bonchev–Trinajstić information content (AvgIpc) is 1.86. The molecule has 1 atom stereocenters. The normalized spacial score (nSPS) is 12.9. The van der Waals surface area contributed by atoms with Crippen LogP contribution in [0.15, 0.2) is 0 Å². The number of rotatable bonds is 6. The monoisotopic (exact) mass is 160 g/mol. The standard InChI is InChI=1S/C7H16N2O2/c1-6(5-7(10)11)9-4-2-3-8/h6,9H,2-5,8H2,1H3,(H,10,11)/t6-/m1/s1. The summed E-state index contributed by atoms with van der Waals surface area (Å²) < 4.78 is 0. The van der Waals surface area contributed by atoms with Crippen molar-refractivity contribution < 1.29 is 9.90 Å². The molecule has 0 spiro atoms. The molecule has 0 amide bonds. The zero-order valence-electron chi connectivity index (χ0n) is 6.84. The number of hydrogen-bond acceptors (Lipinski definition) is 3. The fraction of sp³-hybridized carbons (Fsp3) is 0.857. The van der Waals surface area contributed by atoms with Gasteiger partial charge in [0, 0.05) is 6.04 Å². The molecular formula is C7H16N2O2. The Morgan fingerprint density at radius 3 is 2.82 bits per heavy atom. The van der Waals surface area contributed by atoms with E-state index in [2.05, 4.69) is 5.32 Å². The highest BCUT2D eigenvalue weighted by Gasteiger charge is 2.04. The number of carboxylic acid groups (broad SMARTS) is 1. The van der Waals surface area contributed by atoms with Crippen LogP contribution in [-0.2, 0) is 4.79 Å². The maximum absolute atomic E-state index is 10.2. The van der Waals surface area contributed by atoms with Gasteiger partial charge in [-0.1, -0.05) is 0 Å². The lowest BCUT2D eigenvalue weighted by atomic mass is 10.2. The van der Waals surface area contributed by atoms with Gasteiger partial charge in [-0.15, -0.1) is 0 Å². The molecule has 0 aromatic heterocycles. The van der Waals surface area contributed by atoms with Crippen LogP contribution in [0, 0.1) is 0 Å². The summed E-state index contributed by atoms with van der Waals surface area (Å²) in [6, 6.07) is 0.0408. The SMILES string of the molecule is C[C@H](CC(=O)O)NCCCN. The Balaban J connectivity index is 3.22. The van der Waals surface area contributed by atoms with Gasteiger partial charge in [-0.25, -0.2) is 0 Å². The molecule has 0 aliphatic rings. The molecule has 0 saturated heterocycles. The first-order valence-electron chi connectivity index (χ1n) is 3.82. The third-order valence-corrected chi connectivity index (χ3v) is 1.35. The van der Waals surface area contributed by atoms with E-state index >= 15 is 0 Å². The van der Waals surface area contributed by atoms with Gasteiger partial charge in [-0.2, -0.15) is 0 Å². The van der Waals surface area contributed by atoms with Crippen LogP contribution in [-0.4, -0.2) is 30.2 Å². The number of nitrogens with one attached hydrogen (secondary N) is 1. The Morgan fingerprint density at radius 1 is 1.73 bits per heavy atom. The molecule has 0 aliphatic carbocycles. The number of carboxylic acids is 1. The van der Waals surface area contributed by atoms with Crippen LogP contribution >= 0.6 is 0 Å². The number of carbonyl (C=O) groups is 1. The average molecular weight is 160 g/mol. The van der Waals surface area contributed by atoms with Crippen LogP contribution < -0.4 is 11.1 Å². The van der Waals surface area contributed by atoms with Crippen molar-refractivity contribution in [1.82, 2.24) is 5.32 Å². The first-order valence-corrected chi connectivity index (χ1v) is 3.82. The molecule has 0 aromatic rings. The predicted molar refractivity (Wildman–Crippen MR) is 43.4 cm³/mol. The first-order chi connectivity index (χ1) is 5.16. The molecular weight excluding hydrogens is 144 g/mol. The van der Waals surface area contributed by atoms with E-state index in [-0.39, 0.29) is 12.5 Å². The van der Waals surface area contributed by atoms with Gasteiger partial charge in [0.15, 0.2) is 0 Å². The van der Waals surface area contributed by atoms with Crippen molar-refractivity contribution in [2.75, 3.05) is 13.1 Å². The van der Waals surface area contributed by atoms with Crippen LogP contribution in [0.2, 0.25) is 0 Å². The molecule has 66 valence electrons. The molecule has 0 aliphatic heterocycles. The summed E-state index contributed by atoms with van der Waals surface area (Å²) >= 11 is 0. The molecule has 0 bridgehead atoms. The summed E-state index contributed by atoms with van der Waals surface area (Å²) in [7, 11) is 0. The fourth-order valence-corrected chi connectivity index (χ4v) is 0.785. The maximum atomic E-state index is 10.2. The molecule has 0 heterocycles. The van der Waals surface area contributed by atoms with Crippen molar-refractivity contribution in [2.45, 2.75) is 25.8 Å². The van der Waals surface area contributed by atoms with E-state index < -0.39 is 5.97 Å². The molecule has 4 N–H and O–H groups in total. The lowest BCUT2D eigenvalue weighted by Gasteiger charge is -2.09. The molecule has 0 radical (unpaired) electrons. The van der Waals surface area contributed by atoms with E-state index in [0.29, 0.717) is 6.54 Å². The summed E-state index contributed by atoms with van der Waals surface area (Å²) in [5.41, 5.74) is 5.26. The van der Waals surface area contributed by atoms with Crippen LogP contribution in [0.3, 0.4) is 0 Å². The van der Waals surface area contributed by atoms with Gasteiger partial charge in [0.25, 0.3) is 0 Å². The van der Waals surface area contributed by atoms with E-state index in [1.54, 1.807) is 0 Å². The number of aliphatic carboxylic acids is 1. The molecule has 4 heteroatoms. The van der Waals surface area contributed by atoms with E-state index in [4.69, 9.17) is 10.8 Å². The van der Waals surface area contributed by atoms with Crippen LogP contribution in [0.1, 0.15) is 19.8 Å². The predicted octanol–water partition coefficient (Wildman–Crippen LogP) is -0.212. The molecule has 11 heavy (non-hydrogen) atoms. The minimum Gasteiger partial charge on any atom is -0.481 e. The first kappa shape index (κ1) is 10.4. The van der Waals surface area contributed by atoms with Gasteiger partial charge in [-0.05, 0) is 26.4 Å². The maximum Gasteiger partial charge on any atom is 0.304 e. The van der Waals surface area contributed by atoms with Crippen LogP contribution in [0.25, 0.3) is 0 Å². The van der Waals surface area contributed by atoms with Gasteiger partial charge in [0.2, 0.25) is 0 Å². The zero-order chi connectivity index (χ0) is 8.69. The largest absolute Gasteiger partial charge is 0.481 e. The minimum atomic E-state index is -0.766. The number of hydrogen-bond donors (Lipinski definition) is 3. The van der Waals surface area contributed by atoms with Crippen molar-refractivity contribution in [3.63, 3.8) is 0 Å². The van der Waals surface area contributed by atoms with Crippen LogP contribution in [0.5, 0.6) is 0 Å². The molecule has 0 aromatic carbocycles. The lowest BCUT2D eigenvalue weighted by molar-refractivity contribution is -0.137. The summed E-state index contributed by atoms with van der Waals surface area (Å²) in [5.74, 6) is -0.766. The lowest BCUT2D eigenvalue weighted by Crippen LogP contribution is -2.30. The van der Waals surface area contributed by atoms with Crippen molar-refractivity contribution >= 4 is 5.97 Å². The summed E-state index contributed by atoms with van der Waals surface area (Å²) in [6.07, 6.45) is 1.06. The molecule has 4 nitrogen and oxygen atoms in total. The second-order valence-electron chi connectivity index (χ2n) is 2.60. The van der Waals surface area contributed by atoms with Gasteiger partial charge in [0.1, 0.15) is 0 Å². The van der Waals surface area contributed by atoms with E-state index in [1.165, 1.54) is 0 Å². The van der Waals surface area contributed by atoms with E-state index in [9.17, 15) is 4.79 Å². The third kappa shape index (κ3) is 7.29. The van der Waals surface area contributed by atoms with Crippen molar-refractivity contribution in [3.05, 3.63) is 0 Å². The highest BCUT2D eigenvalue weighted by Crippen LogP contribution is 1.89. The Hall–Kier alpha value is -0.610. The Labute approximate surface area is 66.8 Å². The second kappa shape index (κ2) is 6.12.